The second kappa shape index (κ2) is 15.9. The molecule has 6 rings (SSSR count). The van der Waals surface area contributed by atoms with Crippen LogP contribution in [0.3, 0.4) is 0 Å². The Hall–Kier alpha value is -4.10. The van der Waals surface area contributed by atoms with E-state index < -0.39 is 11.6 Å². The molecule has 1 aliphatic carbocycles. The summed E-state index contributed by atoms with van der Waals surface area (Å²) in [4.78, 5) is 0. The van der Waals surface area contributed by atoms with Gasteiger partial charge in [-0.1, -0.05) is 152 Å². The zero-order valence-electron chi connectivity index (χ0n) is 26.1. The van der Waals surface area contributed by atoms with Crippen molar-refractivity contribution >= 4 is 0 Å². The summed E-state index contributed by atoms with van der Waals surface area (Å²) in [6.45, 7) is 1.55. The first kappa shape index (κ1) is 31.9. The van der Waals surface area contributed by atoms with Crippen LogP contribution in [0.2, 0.25) is 0 Å². The molecule has 0 N–H and O–H groups in total. The predicted molar refractivity (Wildman–Crippen MR) is 179 cm³/mol. The van der Waals surface area contributed by atoms with Gasteiger partial charge in [-0.05, 0) is 40.7 Å². The molecule has 0 atom stereocenters. The van der Waals surface area contributed by atoms with E-state index in [-0.39, 0.29) is 13.2 Å². The number of benzene rings is 5. The van der Waals surface area contributed by atoms with Crippen molar-refractivity contribution < 1.29 is 23.7 Å². The molecule has 0 saturated heterocycles. The number of rotatable bonds is 15. The van der Waals surface area contributed by atoms with Gasteiger partial charge in [-0.3, -0.25) is 0 Å². The Balaban J connectivity index is 1.42. The molecule has 0 heterocycles. The Morgan fingerprint density at radius 3 is 1.09 bits per heavy atom. The van der Waals surface area contributed by atoms with Crippen molar-refractivity contribution in [3.05, 3.63) is 186 Å². The highest BCUT2D eigenvalue weighted by atomic mass is 16.8. The van der Waals surface area contributed by atoms with Crippen molar-refractivity contribution in [3.8, 4) is 0 Å². The van der Waals surface area contributed by atoms with Gasteiger partial charge >= 0.3 is 0 Å². The average Bonchev–Trinajstić information content (AvgIpc) is 3.13. The zero-order valence-corrected chi connectivity index (χ0v) is 26.1. The summed E-state index contributed by atoms with van der Waals surface area (Å²) in [5.41, 5.74) is 5.14. The van der Waals surface area contributed by atoms with Crippen LogP contribution in [-0.4, -0.2) is 11.6 Å². The van der Waals surface area contributed by atoms with Crippen LogP contribution in [0.25, 0.3) is 0 Å². The number of ether oxygens (including phenoxy) is 5. The molecule has 1 fully saturated rings. The van der Waals surface area contributed by atoms with Crippen LogP contribution in [0, 0.1) is 6.10 Å². The van der Waals surface area contributed by atoms with Crippen LogP contribution in [0.5, 0.6) is 0 Å². The summed E-state index contributed by atoms with van der Waals surface area (Å²) in [5, 5.41) is 0. The van der Waals surface area contributed by atoms with E-state index in [0.29, 0.717) is 38.8 Å². The van der Waals surface area contributed by atoms with Gasteiger partial charge in [0, 0.05) is 6.42 Å². The normalized spacial score (nSPS) is 15.8. The van der Waals surface area contributed by atoms with Crippen LogP contribution < -0.4 is 0 Å². The fourth-order valence-electron chi connectivity index (χ4n) is 5.80. The second-order valence-corrected chi connectivity index (χ2v) is 11.5. The molecular formula is C41H41O5. The molecule has 1 aliphatic rings. The molecule has 5 aromatic carbocycles. The molecule has 46 heavy (non-hydrogen) atoms. The highest BCUT2D eigenvalue weighted by Gasteiger charge is 2.64. The molecule has 5 aromatic rings. The van der Waals surface area contributed by atoms with E-state index >= 15 is 0 Å². The van der Waals surface area contributed by atoms with E-state index in [4.69, 9.17) is 23.7 Å². The van der Waals surface area contributed by atoms with Crippen molar-refractivity contribution in [2.45, 2.75) is 63.9 Å². The predicted octanol–water partition coefficient (Wildman–Crippen LogP) is 9.18. The Kier molecular flexibility index (Phi) is 11.0. The fraction of sp³-hybridized carbons (Fsp3) is 0.244. The highest BCUT2D eigenvalue weighted by Crippen LogP contribution is 2.51. The molecule has 1 saturated carbocycles. The molecule has 0 aliphatic heterocycles. The van der Waals surface area contributed by atoms with Crippen molar-refractivity contribution in [2.24, 2.45) is 0 Å². The molecule has 0 aromatic heterocycles. The van der Waals surface area contributed by atoms with Crippen LogP contribution in [0.4, 0.5) is 0 Å². The van der Waals surface area contributed by atoms with Crippen LogP contribution in [0.1, 0.15) is 47.1 Å². The molecule has 1 radical (unpaired) electrons. The summed E-state index contributed by atoms with van der Waals surface area (Å²) >= 11 is 0. The van der Waals surface area contributed by atoms with Crippen molar-refractivity contribution in [1.29, 1.82) is 0 Å². The first-order valence-electron chi connectivity index (χ1n) is 16.0. The summed E-state index contributed by atoms with van der Waals surface area (Å²) in [6.07, 6.45) is 2.63. The minimum atomic E-state index is -1.49. The van der Waals surface area contributed by atoms with E-state index in [0.717, 1.165) is 34.2 Å². The quantitative estimate of drug-likeness (QED) is 0.110. The van der Waals surface area contributed by atoms with Crippen molar-refractivity contribution in [1.82, 2.24) is 0 Å². The van der Waals surface area contributed by atoms with Gasteiger partial charge in [-0.2, -0.15) is 0 Å². The van der Waals surface area contributed by atoms with Gasteiger partial charge in [0.15, 0.2) is 6.10 Å². The third-order valence-corrected chi connectivity index (χ3v) is 8.23. The smallest absolute Gasteiger partial charge is 0.257 e. The van der Waals surface area contributed by atoms with Gasteiger partial charge in [0.05, 0.1) is 33.0 Å². The molecule has 5 heteroatoms. The van der Waals surface area contributed by atoms with Crippen LogP contribution >= 0.6 is 0 Å². The molecule has 5 nitrogen and oxygen atoms in total. The molecule has 0 unspecified atom stereocenters. The lowest BCUT2D eigenvalue weighted by Crippen LogP contribution is -2.66. The summed E-state index contributed by atoms with van der Waals surface area (Å²) in [7, 11) is 0. The molecule has 235 valence electrons. The van der Waals surface area contributed by atoms with Gasteiger partial charge in [0.25, 0.3) is 5.79 Å². The summed E-state index contributed by atoms with van der Waals surface area (Å²) in [5.74, 6) is -2.82. The fourth-order valence-corrected chi connectivity index (χ4v) is 5.80. The standard InChI is InChI=1S/C41H41O5/c1-6-17-34(18-7-1)29-42-39-27-16-28-40(43-30-35-19-8-2-9-20-35,44-31-36-21-10-3-11-22-36)41(39,45-32-37-23-12-4-13-24-37)46-33-38-25-14-5-15-26-38/h1-15,17-26H,16,27-33H2. The highest BCUT2D eigenvalue weighted by molar-refractivity contribution is 5.21. The van der Waals surface area contributed by atoms with Crippen LogP contribution in [0.15, 0.2) is 152 Å². The zero-order chi connectivity index (χ0) is 31.3. The van der Waals surface area contributed by atoms with E-state index in [2.05, 4.69) is 60.7 Å². The van der Waals surface area contributed by atoms with Crippen molar-refractivity contribution in [2.75, 3.05) is 0 Å². The van der Waals surface area contributed by atoms with Gasteiger partial charge in [0.2, 0.25) is 5.79 Å². The lowest BCUT2D eigenvalue weighted by atomic mass is 9.84. The molecular weight excluding hydrogens is 572 g/mol. The van der Waals surface area contributed by atoms with E-state index in [1.54, 1.807) is 0 Å². The molecule has 0 bridgehead atoms. The third kappa shape index (κ3) is 8.00. The minimum absolute atomic E-state index is 0.277. The topological polar surface area (TPSA) is 46.2 Å². The Bertz CT molecular complexity index is 1480. The van der Waals surface area contributed by atoms with Crippen LogP contribution in [-0.2, 0) is 56.7 Å². The van der Waals surface area contributed by atoms with Gasteiger partial charge in [-0.25, -0.2) is 0 Å². The monoisotopic (exact) mass is 613 g/mol. The van der Waals surface area contributed by atoms with E-state index in [1.165, 1.54) is 0 Å². The largest absolute Gasteiger partial charge is 0.361 e. The average molecular weight is 614 g/mol. The lowest BCUT2D eigenvalue weighted by molar-refractivity contribution is -0.437. The molecule has 0 amide bonds. The van der Waals surface area contributed by atoms with Gasteiger partial charge < -0.3 is 23.7 Å². The second-order valence-electron chi connectivity index (χ2n) is 11.5. The van der Waals surface area contributed by atoms with Gasteiger partial charge in [-0.15, -0.1) is 0 Å². The maximum absolute atomic E-state index is 7.04. The van der Waals surface area contributed by atoms with E-state index in [1.807, 2.05) is 91.0 Å². The third-order valence-electron chi connectivity index (χ3n) is 8.23. The Morgan fingerprint density at radius 2 is 0.717 bits per heavy atom. The summed E-state index contributed by atoms with van der Waals surface area (Å²) in [6, 6.07) is 50.7. The SMILES string of the molecule is c1ccc(CO[C]2CCCC(OCc3ccccc3)(OCc3ccccc3)C2(OCc2ccccc2)OCc2ccccc2)cc1. The lowest BCUT2D eigenvalue weighted by Gasteiger charge is -2.53. The number of hydrogen-bond acceptors (Lipinski definition) is 5. The number of hydrogen-bond donors (Lipinski definition) is 0. The minimum Gasteiger partial charge on any atom is -0.361 e. The van der Waals surface area contributed by atoms with Gasteiger partial charge in [0.1, 0.15) is 0 Å². The first-order valence-corrected chi connectivity index (χ1v) is 16.0. The van der Waals surface area contributed by atoms with E-state index in [9.17, 15) is 0 Å². The maximum atomic E-state index is 7.04. The summed E-state index contributed by atoms with van der Waals surface area (Å²) < 4.78 is 34.8. The van der Waals surface area contributed by atoms with Crippen molar-refractivity contribution in [3.63, 3.8) is 0 Å². The maximum Gasteiger partial charge on any atom is 0.257 e. The first-order chi connectivity index (χ1) is 22.7. The Labute approximate surface area is 272 Å². The molecule has 0 spiro atoms. The Morgan fingerprint density at radius 1 is 0.391 bits per heavy atom.